The molecule has 0 saturated carbocycles. The van der Waals surface area contributed by atoms with Crippen molar-refractivity contribution in [1.82, 2.24) is 4.98 Å². The molecule has 1 heterocycles. The number of nitro groups is 1. The average Bonchev–Trinajstić information content (AvgIpc) is 2.37. The molecule has 0 bridgehead atoms. The van der Waals surface area contributed by atoms with E-state index >= 15 is 0 Å². The van der Waals surface area contributed by atoms with E-state index in [1.54, 1.807) is 0 Å². The molecule has 1 aromatic rings. The standard InChI is InChI=1S/C10H13N3O6/c1-19-5-6(4-14)11-9-8(13(17)18)3-2-7(12-9)10(15)16/h2-3,6,14H,4-5H2,1H3,(H,11,12)(H,15,16). The van der Waals surface area contributed by atoms with E-state index in [4.69, 9.17) is 14.9 Å². The normalized spacial score (nSPS) is 11.9. The van der Waals surface area contributed by atoms with Crippen LogP contribution in [0.5, 0.6) is 0 Å². The van der Waals surface area contributed by atoms with Crippen LogP contribution in [0.4, 0.5) is 11.5 Å². The minimum Gasteiger partial charge on any atom is -0.477 e. The van der Waals surface area contributed by atoms with Gasteiger partial charge in [0.05, 0.1) is 24.2 Å². The van der Waals surface area contributed by atoms with Gasteiger partial charge >= 0.3 is 11.7 Å². The molecular weight excluding hydrogens is 258 g/mol. The van der Waals surface area contributed by atoms with Crippen LogP contribution in [0.1, 0.15) is 10.5 Å². The zero-order chi connectivity index (χ0) is 14.4. The van der Waals surface area contributed by atoms with Crippen molar-refractivity contribution in [2.24, 2.45) is 0 Å². The number of carboxylic acids is 1. The zero-order valence-corrected chi connectivity index (χ0v) is 10.1. The van der Waals surface area contributed by atoms with Crippen LogP contribution in [0.2, 0.25) is 0 Å². The van der Waals surface area contributed by atoms with E-state index in [0.29, 0.717) is 0 Å². The topological polar surface area (TPSA) is 135 Å². The van der Waals surface area contributed by atoms with Gasteiger partial charge in [0.2, 0.25) is 5.82 Å². The Hall–Kier alpha value is -2.26. The number of pyridine rings is 1. The van der Waals surface area contributed by atoms with Gasteiger partial charge in [-0.3, -0.25) is 10.1 Å². The summed E-state index contributed by atoms with van der Waals surface area (Å²) in [6, 6.07) is 1.45. The Balaban J connectivity index is 3.09. The quantitative estimate of drug-likeness (QED) is 0.469. The Kier molecular flexibility index (Phi) is 5.15. The van der Waals surface area contributed by atoms with E-state index in [1.807, 2.05) is 0 Å². The Morgan fingerprint density at radius 1 is 1.63 bits per heavy atom. The monoisotopic (exact) mass is 271 g/mol. The summed E-state index contributed by atoms with van der Waals surface area (Å²) in [5.41, 5.74) is -0.707. The molecule has 0 amide bonds. The number of aliphatic hydroxyl groups excluding tert-OH is 1. The Morgan fingerprint density at radius 2 is 2.32 bits per heavy atom. The fraction of sp³-hybridized carbons (Fsp3) is 0.400. The van der Waals surface area contributed by atoms with Crippen molar-refractivity contribution in [2.45, 2.75) is 6.04 Å². The molecule has 19 heavy (non-hydrogen) atoms. The van der Waals surface area contributed by atoms with Crippen molar-refractivity contribution in [1.29, 1.82) is 0 Å². The number of aliphatic hydroxyl groups is 1. The molecule has 104 valence electrons. The maximum absolute atomic E-state index is 10.8. The second-order valence-corrected chi connectivity index (χ2v) is 3.61. The van der Waals surface area contributed by atoms with Crippen molar-refractivity contribution in [3.8, 4) is 0 Å². The molecular formula is C10H13N3O6. The molecule has 1 atom stereocenters. The number of aromatic nitrogens is 1. The summed E-state index contributed by atoms with van der Waals surface area (Å²) in [6.07, 6.45) is 0. The number of nitrogens with one attached hydrogen (secondary N) is 1. The highest BCUT2D eigenvalue weighted by Crippen LogP contribution is 2.22. The SMILES string of the molecule is COCC(CO)Nc1nc(C(=O)O)ccc1[N+](=O)[O-]. The molecule has 0 fully saturated rings. The van der Waals surface area contributed by atoms with Gasteiger partial charge in [0.15, 0.2) is 5.69 Å². The molecule has 9 heteroatoms. The maximum atomic E-state index is 10.8. The van der Waals surface area contributed by atoms with Gasteiger partial charge < -0.3 is 20.3 Å². The van der Waals surface area contributed by atoms with Crippen LogP contribution in [0, 0.1) is 10.1 Å². The number of hydrogen-bond acceptors (Lipinski definition) is 7. The van der Waals surface area contributed by atoms with Gasteiger partial charge in [0.25, 0.3) is 0 Å². The molecule has 0 aromatic carbocycles. The van der Waals surface area contributed by atoms with Crippen LogP contribution in [-0.4, -0.2) is 52.5 Å². The lowest BCUT2D eigenvalue weighted by molar-refractivity contribution is -0.384. The first-order valence-corrected chi connectivity index (χ1v) is 5.24. The first kappa shape index (κ1) is 14.8. The fourth-order valence-corrected chi connectivity index (χ4v) is 1.36. The molecule has 0 spiro atoms. The highest BCUT2D eigenvalue weighted by atomic mass is 16.6. The van der Waals surface area contributed by atoms with E-state index in [2.05, 4.69) is 10.3 Å². The van der Waals surface area contributed by atoms with Gasteiger partial charge in [-0.15, -0.1) is 0 Å². The van der Waals surface area contributed by atoms with Crippen LogP contribution >= 0.6 is 0 Å². The molecule has 9 nitrogen and oxygen atoms in total. The molecule has 0 aliphatic carbocycles. The summed E-state index contributed by atoms with van der Waals surface area (Å²) < 4.78 is 4.81. The number of methoxy groups -OCH3 is 1. The third kappa shape index (κ3) is 3.86. The van der Waals surface area contributed by atoms with Crippen molar-refractivity contribution in [3.63, 3.8) is 0 Å². The maximum Gasteiger partial charge on any atom is 0.354 e. The third-order valence-electron chi connectivity index (χ3n) is 2.22. The van der Waals surface area contributed by atoms with Gasteiger partial charge in [-0.05, 0) is 6.07 Å². The summed E-state index contributed by atoms with van der Waals surface area (Å²) in [7, 11) is 1.40. The number of aromatic carboxylic acids is 1. The second kappa shape index (κ2) is 6.61. The summed E-state index contributed by atoms with van der Waals surface area (Å²) in [5.74, 6) is -1.52. The average molecular weight is 271 g/mol. The number of ether oxygens (including phenoxy) is 1. The second-order valence-electron chi connectivity index (χ2n) is 3.61. The predicted octanol–water partition coefficient (Wildman–Crippen LogP) is 0.107. The minimum absolute atomic E-state index is 0.0899. The molecule has 0 aliphatic rings. The van der Waals surface area contributed by atoms with Crippen LogP contribution in [0.25, 0.3) is 0 Å². The van der Waals surface area contributed by atoms with Crippen LogP contribution in [-0.2, 0) is 4.74 Å². The number of carboxylic acid groups (broad SMARTS) is 1. The summed E-state index contributed by atoms with van der Waals surface area (Å²) in [5, 5.41) is 31.3. The smallest absolute Gasteiger partial charge is 0.354 e. The lowest BCUT2D eigenvalue weighted by atomic mass is 10.3. The van der Waals surface area contributed by atoms with E-state index in [1.165, 1.54) is 7.11 Å². The lowest BCUT2D eigenvalue weighted by Gasteiger charge is -2.15. The molecule has 0 saturated heterocycles. The van der Waals surface area contributed by atoms with Crippen molar-refractivity contribution in [2.75, 3.05) is 25.6 Å². The van der Waals surface area contributed by atoms with Gasteiger partial charge in [-0.25, -0.2) is 9.78 Å². The first-order valence-electron chi connectivity index (χ1n) is 5.24. The number of nitrogens with zero attached hydrogens (tertiary/aromatic N) is 2. The van der Waals surface area contributed by atoms with Gasteiger partial charge in [0.1, 0.15) is 0 Å². The number of carbonyl (C=O) groups is 1. The molecule has 1 rings (SSSR count). The molecule has 3 N–H and O–H groups in total. The van der Waals surface area contributed by atoms with Crippen molar-refractivity contribution >= 4 is 17.5 Å². The summed E-state index contributed by atoms with van der Waals surface area (Å²) in [6.45, 7) is -0.253. The Bertz CT molecular complexity index is 478. The van der Waals surface area contributed by atoms with Crippen molar-refractivity contribution in [3.05, 3.63) is 27.9 Å². The highest BCUT2D eigenvalue weighted by molar-refractivity contribution is 5.86. The molecule has 0 aliphatic heterocycles. The van der Waals surface area contributed by atoms with Gasteiger partial charge in [-0.2, -0.15) is 0 Å². The zero-order valence-electron chi connectivity index (χ0n) is 10.1. The highest BCUT2D eigenvalue weighted by Gasteiger charge is 2.20. The number of anilines is 1. The Labute approximate surface area is 108 Å². The van der Waals surface area contributed by atoms with E-state index < -0.39 is 16.9 Å². The third-order valence-corrected chi connectivity index (χ3v) is 2.22. The van der Waals surface area contributed by atoms with E-state index in [-0.39, 0.29) is 30.4 Å². The minimum atomic E-state index is -1.30. The predicted molar refractivity (Wildman–Crippen MR) is 64.2 cm³/mol. The summed E-state index contributed by atoms with van der Waals surface area (Å²) >= 11 is 0. The van der Waals surface area contributed by atoms with Crippen LogP contribution in [0.15, 0.2) is 12.1 Å². The number of rotatable bonds is 7. The van der Waals surface area contributed by atoms with Gasteiger partial charge in [0, 0.05) is 13.2 Å². The van der Waals surface area contributed by atoms with E-state index in [9.17, 15) is 14.9 Å². The molecule has 1 aromatic heterocycles. The largest absolute Gasteiger partial charge is 0.477 e. The number of hydrogen-bond donors (Lipinski definition) is 3. The lowest BCUT2D eigenvalue weighted by Crippen LogP contribution is -2.29. The van der Waals surface area contributed by atoms with Crippen molar-refractivity contribution < 1.29 is 24.7 Å². The summed E-state index contributed by atoms with van der Waals surface area (Å²) in [4.78, 5) is 24.5. The van der Waals surface area contributed by atoms with Crippen LogP contribution < -0.4 is 5.32 Å². The van der Waals surface area contributed by atoms with Crippen LogP contribution in [0.3, 0.4) is 0 Å². The Morgan fingerprint density at radius 3 is 2.79 bits per heavy atom. The first-order chi connectivity index (χ1) is 8.99. The molecule has 1 unspecified atom stereocenters. The van der Waals surface area contributed by atoms with Gasteiger partial charge in [-0.1, -0.05) is 0 Å². The fourth-order valence-electron chi connectivity index (χ4n) is 1.36. The van der Waals surface area contributed by atoms with E-state index in [0.717, 1.165) is 12.1 Å². The molecule has 0 radical (unpaired) electrons.